The molecular formula is C20H18N4O2S. The molecule has 1 amide bonds. The molecule has 0 saturated carbocycles. The van der Waals surface area contributed by atoms with Gasteiger partial charge in [-0.05, 0) is 61.2 Å². The molecule has 0 unspecified atom stereocenters. The predicted octanol–water partition coefficient (Wildman–Crippen LogP) is 4.52. The molecule has 4 aromatic rings. The molecule has 136 valence electrons. The van der Waals surface area contributed by atoms with E-state index in [1.165, 1.54) is 11.3 Å². The molecule has 3 heterocycles. The van der Waals surface area contributed by atoms with Crippen LogP contribution in [-0.4, -0.2) is 20.7 Å². The number of hydrogen-bond acceptors (Lipinski definition) is 5. The number of hydrogen-bond donors (Lipinski definition) is 1. The fourth-order valence-corrected chi connectivity index (χ4v) is 3.56. The summed E-state index contributed by atoms with van der Waals surface area (Å²) in [4.78, 5) is 17.6. The molecule has 0 atom stereocenters. The van der Waals surface area contributed by atoms with Gasteiger partial charge in [0.2, 0.25) is 5.89 Å². The average molecular weight is 378 g/mol. The number of rotatable bonds is 5. The number of carbonyl (C=O) groups is 1. The summed E-state index contributed by atoms with van der Waals surface area (Å²) in [5.74, 6) is 1.23. The number of anilines is 1. The van der Waals surface area contributed by atoms with Crippen molar-refractivity contribution >= 4 is 22.9 Å². The van der Waals surface area contributed by atoms with E-state index in [-0.39, 0.29) is 5.91 Å². The molecule has 0 aliphatic rings. The first-order chi connectivity index (χ1) is 13.1. The summed E-state index contributed by atoms with van der Waals surface area (Å²) in [5, 5.41) is 9.03. The average Bonchev–Trinajstić information content (AvgIpc) is 3.39. The van der Waals surface area contributed by atoms with Crippen LogP contribution in [0.1, 0.15) is 26.7 Å². The number of nitrogens with one attached hydrogen (secondary N) is 1. The summed E-state index contributed by atoms with van der Waals surface area (Å²) in [6.45, 7) is 4.39. The second-order valence-electron chi connectivity index (χ2n) is 6.19. The smallest absolute Gasteiger partial charge is 0.265 e. The van der Waals surface area contributed by atoms with Crippen molar-refractivity contribution in [3.05, 3.63) is 76.1 Å². The third-order valence-electron chi connectivity index (χ3n) is 4.22. The lowest BCUT2D eigenvalue weighted by Gasteiger charge is -2.05. The number of nitrogens with zero attached hydrogens (tertiary/aromatic N) is 3. The molecule has 27 heavy (non-hydrogen) atoms. The lowest BCUT2D eigenvalue weighted by molar-refractivity contribution is 0.103. The molecule has 1 N–H and O–H groups in total. The summed E-state index contributed by atoms with van der Waals surface area (Å²) >= 11 is 1.44. The zero-order valence-electron chi connectivity index (χ0n) is 15.0. The standard InChI is InChI=1S/C20H18N4O2S/c1-13-8-11-27-18(13)19(25)22-16-6-4-15(5-7-16)20-23-17(14(2)26-20)12-24-10-3-9-21-24/h3-11H,12H2,1-2H3,(H,22,25). The van der Waals surface area contributed by atoms with Gasteiger partial charge in [-0.1, -0.05) is 0 Å². The number of carbonyl (C=O) groups excluding carboxylic acids is 1. The van der Waals surface area contributed by atoms with Gasteiger partial charge >= 0.3 is 0 Å². The molecule has 0 bridgehead atoms. The van der Waals surface area contributed by atoms with Gasteiger partial charge in [-0.15, -0.1) is 11.3 Å². The van der Waals surface area contributed by atoms with E-state index in [1.54, 1.807) is 10.9 Å². The molecule has 0 aliphatic carbocycles. The molecule has 0 aliphatic heterocycles. The molecule has 3 aromatic heterocycles. The summed E-state index contributed by atoms with van der Waals surface area (Å²) in [5.41, 5.74) is 3.42. The van der Waals surface area contributed by atoms with Crippen LogP contribution >= 0.6 is 11.3 Å². The number of amides is 1. The van der Waals surface area contributed by atoms with Crippen LogP contribution in [0.2, 0.25) is 0 Å². The normalized spacial score (nSPS) is 10.9. The van der Waals surface area contributed by atoms with Crippen molar-refractivity contribution < 1.29 is 9.21 Å². The fraction of sp³-hybridized carbons (Fsp3) is 0.150. The van der Waals surface area contributed by atoms with Crippen LogP contribution in [0.5, 0.6) is 0 Å². The number of aryl methyl sites for hydroxylation is 2. The van der Waals surface area contributed by atoms with Crippen LogP contribution in [0.3, 0.4) is 0 Å². The molecule has 0 fully saturated rings. The van der Waals surface area contributed by atoms with E-state index in [4.69, 9.17) is 4.42 Å². The molecule has 6 nitrogen and oxygen atoms in total. The van der Waals surface area contributed by atoms with Gasteiger partial charge in [0.15, 0.2) is 0 Å². The summed E-state index contributed by atoms with van der Waals surface area (Å²) in [6.07, 6.45) is 3.63. The number of aromatic nitrogens is 3. The van der Waals surface area contributed by atoms with Gasteiger partial charge in [-0.2, -0.15) is 5.10 Å². The van der Waals surface area contributed by atoms with Crippen molar-refractivity contribution in [1.29, 1.82) is 0 Å². The number of oxazole rings is 1. The van der Waals surface area contributed by atoms with Crippen molar-refractivity contribution in [3.8, 4) is 11.5 Å². The molecule has 0 radical (unpaired) electrons. The number of thiophene rings is 1. The predicted molar refractivity (Wildman–Crippen MR) is 105 cm³/mol. The lowest BCUT2D eigenvalue weighted by Crippen LogP contribution is -2.11. The SMILES string of the molecule is Cc1ccsc1C(=O)Nc1ccc(-c2nc(Cn3cccn3)c(C)o2)cc1. The van der Waals surface area contributed by atoms with Gasteiger partial charge < -0.3 is 9.73 Å². The third kappa shape index (κ3) is 3.68. The maximum atomic E-state index is 12.3. The Kier molecular flexibility index (Phi) is 4.60. The topological polar surface area (TPSA) is 73.0 Å². The van der Waals surface area contributed by atoms with E-state index in [0.29, 0.717) is 12.4 Å². The van der Waals surface area contributed by atoms with Crippen LogP contribution in [0, 0.1) is 13.8 Å². The highest BCUT2D eigenvalue weighted by Gasteiger charge is 2.13. The Morgan fingerprint density at radius 2 is 2.04 bits per heavy atom. The third-order valence-corrected chi connectivity index (χ3v) is 5.24. The molecule has 4 rings (SSSR count). The monoisotopic (exact) mass is 378 g/mol. The molecule has 0 saturated heterocycles. The van der Waals surface area contributed by atoms with Gasteiger partial charge in [0.25, 0.3) is 5.91 Å². The highest BCUT2D eigenvalue weighted by molar-refractivity contribution is 7.12. The van der Waals surface area contributed by atoms with Gasteiger partial charge in [0.05, 0.1) is 11.4 Å². The van der Waals surface area contributed by atoms with Crippen molar-refractivity contribution in [2.24, 2.45) is 0 Å². The molecule has 0 spiro atoms. The highest BCUT2D eigenvalue weighted by atomic mass is 32.1. The van der Waals surface area contributed by atoms with E-state index in [2.05, 4.69) is 15.4 Å². The summed E-state index contributed by atoms with van der Waals surface area (Å²) in [6, 6.07) is 11.3. The van der Waals surface area contributed by atoms with E-state index >= 15 is 0 Å². The number of benzene rings is 1. The van der Waals surface area contributed by atoms with E-state index < -0.39 is 0 Å². The Morgan fingerprint density at radius 1 is 1.22 bits per heavy atom. The fourth-order valence-electron chi connectivity index (χ4n) is 2.73. The minimum Gasteiger partial charge on any atom is -0.441 e. The molecule has 7 heteroatoms. The lowest BCUT2D eigenvalue weighted by atomic mass is 10.2. The van der Waals surface area contributed by atoms with Gasteiger partial charge in [0, 0.05) is 23.6 Å². The van der Waals surface area contributed by atoms with E-state index in [0.717, 1.165) is 33.1 Å². The van der Waals surface area contributed by atoms with E-state index in [1.807, 2.05) is 61.8 Å². The van der Waals surface area contributed by atoms with Gasteiger partial charge in [-0.25, -0.2) is 4.98 Å². The van der Waals surface area contributed by atoms with Crippen LogP contribution in [-0.2, 0) is 6.54 Å². The second kappa shape index (κ2) is 7.20. The maximum absolute atomic E-state index is 12.3. The van der Waals surface area contributed by atoms with Crippen molar-refractivity contribution in [1.82, 2.24) is 14.8 Å². The van der Waals surface area contributed by atoms with Crippen molar-refractivity contribution in [3.63, 3.8) is 0 Å². The minimum absolute atomic E-state index is 0.0938. The second-order valence-corrected chi connectivity index (χ2v) is 7.11. The Bertz CT molecular complexity index is 1060. The zero-order chi connectivity index (χ0) is 18.8. The van der Waals surface area contributed by atoms with Gasteiger partial charge in [0.1, 0.15) is 11.5 Å². The van der Waals surface area contributed by atoms with Crippen LogP contribution in [0.4, 0.5) is 5.69 Å². The zero-order valence-corrected chi connectivity index (χ0v) is 15.8. The first-order valence-electron chi connectivity index (χ1n) is 8.50. The van der Waals surface area contributed by atoms with E-state index in [9.17, 15) is 4.79 Å². The van der Waals surface area contributed by atoms with Crippen LogP contribution in [0.25, 0.3) is 11.5 Å². The van der Waals surface area contributed by atoms with Crippen LogP contribution < -0.4 is 5.32 Å². The summed E-state index contributed by atoms with van der Waals surface area (Å²) < 4.78 is 7.61. The first-order valence-corrected chi connectivity index (χ1v) is 9.38. The van der Waals surface area contributed by atoms with Gasteiger partial charge in [-0.3, -0.25) is 9.48 Å². The van der Waals surface area contributed by atoms with Crippen LogP contribution in [0.15, 0.2) is 58.6 Å². The minimum atomic E-state index is -0.0938. The van der Waals surface area contributed by atoms with Crippen molar-refractivity contribution in [2.75, 3.05) is 5.32 Å². The Balaban J connectivity index is 1.49. The largest absolute Gasteiger partial charge is 0.441 e. The Labute approximate surface area is 160 Å². The Hall–Kier alpha value is -3.19. The first kappa shape index (κ1) is 17.2. The summed E-state index contributed by atoms with van der Waals surface area (Å²) in [7, 11) is 0. The maximum Gasteiger partial charge on any atom is 0.265 e. The molecular weight excluding hydrogens is 360 g/mol. The Morgan fingerprint density at radius 3 is 2.70 bits per heavy atom. The van der Waals surface area contributed by atoms with Crippen molar-refractivity contribution in [2.45, 2.75) is 20.4 Å². The molecule has 1 aromatic carbocycles. The quantitative estimate of drug-likeness (QED) is 0.554. The highest BCUT2D eigenvalue weighted by Crippen LogP contribution is 2.24.